The Morgan fingerprint density at radius 2 is 1.68 bits per heavy atom. The van der Waals surface area contributed by atoms with Crippen molar-refractivity contribution in [3.63, 3.8) is 0 Å². The standard InChI is InChI=1S/C28H42N6O4/c1-18(29-2)25(35)32-23-17-33(28(38)30-3)16-15-20-13-14-24(34(20)27(23)37)26(36)31-22-12-8-7-11-21(22)19-9-5-4-6-10-19/h4-6,9-10,18,20-24,29H,7-8,11-17H2,1-3H3,(H,30,38)(H,31,36)(H,32,35)/t18-,20+,21-,22+,23-,24-/m0/s1. The van der Waals surface area contributed by atoms with Crippen LogP contribution in [0.2, 0.25) is 0 Å². The molecule has 0 unspecified atom stereocenters. The van der Waals surface area contributed by atoms with Gasteiger partial charge in [-0.2, -0.15) is 0 Å². The number of fused-ring (bicyclic) bond motifs is 1. The minimum Gasteiger partial charge on any atom is -0.351 e. The second kappa shape index (κ2) is 12.6. The molecule has 1 aromatic rings. The van der Waals surface area contributed by atoms with Crippen LogP contribution in [0.3, 0.4) is 0 Å². The third kappa shape index (κ3) is 6.11. The van der Waals surface area contributed by atoms with Gasteiger partial charge in [0.2, 0.25) is 17.7 Å². The molecule has 2 saturated heterocycles. The fourth-order valence-corrected chi connectivity index (χ4v) is 6.19. The number of amides is 5. The van der Waals surface area contributed by atoms with Crippen LogP contribution in [0.4, 0.5) is 4.79 Å². The van der Waals surface area contributed by atoms with Gasteiger partial charge in [-0.1, -0.05) is 43.2 Å². The van der Waals surface area contributed by atoms with E-state index < -0.39 is 18.1 Å². The molecule has 1 aliphatic carbocycles. The monoisotopic (exact) mass is 526 g/mol. The maximum Gasteiger partial charge on any atom is 0.317 e. The summed E-state index contributed by atoms with van der Waals surface area (Å²) in [7, 11) is 3.22. The predicted molar refractivity (Wildman–Crippen MR) is 144 cm³/mol. The Hall–Kier alpha value is -3.14. The van der Waals surface area contributed by atoms with Gasteiger partial charge in [0.25, 0.3) is 0 Å². The number of nitrogens with zero attached hydrogens (tertiary/aromatic N) is 2. The number of hydrogen-bond acceptors (Lipinski definition) is 5. The second-order valence-corrected chi connectivity index (χ2v) is 10.8. The molecule has 2 heterocycles. The van der Waals surface area contributed by atoms with Crippen molar-refractivity contribution in [1.82, 2.24) is 31.1 Å². The van der Waals surface area contributed by atoms with Crippen molar-refractivity contribution in [1.29, 1.82) is 0 Å². The van der Waals surface area contributed by atoms with Crippen molar-refractivity contribution in [2.24, 2.45) is 0 Å². The van der Waals surface area contributed by atoms with Crippen molar-refractivity contribution in [3.8, 4) is 0 Å². The molecule has 208 valence electrons. The Labute approximate surface area is 225 Å². The first-order valence-corrected chi connectivity index (χ1v) is 14.0. The van der Waals surface area contributed by atoms with E-state index in [2.05, 4.69) is 33.4 Å². The molecule has 2 aliphatic heterocycles. The summed E-state index contributed by atoms with van der Waals surface area (Å²) in [6.07, 6.45) is 5.99. The fourth-order valence-electron chi connectivity index (χ4n) is 6.19. The molecule has 0 spiro atoms. The zero-order valence-corrected chi connectivity index (χ0v) is 22.7. The average Bonchev–Trinajstić information content (AvgIpc) is 3.36. The summed E-state index contributed by atoms with van der Waals surface area (Å²) in [5, 5.41) is 11.7. The third-order valence-electron chi connectivity index (χ3n) is 8.46. The largest absolute Gasteiger partial charge is 0.351 e. The fraction of sp³-hybridized carbons (Fsp3) is 0.643. The van der Waals surface area contributed by atoms with Crippen molar-refractivity contribution < 1.29 is 19.2 Å². The van der Waals surface area contributed by atoms with Gasteiger partial charge in [-0.15, -0.1) is 0 Å². The van der Waals surface area contributed by atoms with E-state index in [9.17, 15) is 19.2 Å². The summed E-state index contributed by atoms with van der Waals surface area (Å²) in [5.74, 6) is -0.495. The van der Waals surface area contributed by atoms with Crippen LogP contribution in [0.1, 0.15) is 63.4 Å². The molecule has 4 rings (SSSR count). The molecule has 0 bridgehead atoms. The lowest BCUT2D eigenvalue weighted by molar-refractivity contribution is -0.145. The van der Waals surface area contributed by atoms with Gasteiger partial charge >= 0.3 is 6.03 Å². The average molecular weight is 527 g/mol. The number of carbonyl (C=O) groups is 4. The lowest BCUT2D eigenvalue weighted by atomic mass is 9.80. The highest BCUT2D eigenvalue weighted by molar-refractivity contribution is 5.94. The van der Waals surface area contributed by atoms with Crippen molar-refractivity contribution in [2.45, 2.75) is 88.0 Å². The zero-order valence-electron chi connectivity index (χ0n) is 22.7. The summed E-state index contributed by atoms with van der Waals surface area (Å²) < 4.78 is 0. The van der Waals surface area contributed by atoms with Gasteiger partial charge in [-0.05, 0) is 51.6 Å². The summed E-state index contributed by atoms with van der Waals surface area (Å²) in [4.78, 5) is 56.1. The van der Waals surface area contributed by atoms with Crippen molar-refractivity contribution >= 4 is 23.8 Å². The smallest absolute Gasteiger partial charge is 0.317 e. The van der Waals surface area contributed by atoms with E-state index in [1.54, 1.807) is 30.8 Å². The van der Waals surface area contributed by atoms with E-state index in [4.69, 9.17) is 0 Å². The molecule has 3 aliphatic rings. The van der Waals surface area contributed by atoms with Gasteiger partial charge in [0.15, 0.2) is 0 Å². The zero-order chi connectivity index (χ0) is 27.2. The van der Waals surface area contributed by atoms with Crippen LogP contribution in [0.5, 0.6) is 0 Å². The van der Waals surface area contributed by atoms with Crippen LogP contribution in [0.25, 0.3) is 0 Å². The SMILES string of the molecule is CNC(=O)N1CC[C@H]2CC[C@@H](C(=O)N[C@@H]3CCCC[C@H]3c3ccccc3)N2C(=O)[C@@H](NC(=O)[C@H](C)NC)C1. The number of urea groups is 1. The third-order valence-corrected chi connectivity index (χ3v) is 8.46. The first kappa shape index (κ1) is 27.9. The minimum absolute atomic E-state index is 0.0262. The molecule has 3 fully saturated rings. The molecule has 0 radical (unpaired) electrons. The molecule has 0 aromatic heterocycles. The van der Waals surface area contributed by atoms with Gasteiger partial charge in [0.05, 0.1) is 12.6 Å². The first-order valence-electron chi connectivity index (χ1n) is 14.0. The van der Waals surface area contributed by atoms with Gasteiger partial charge in [0.1, 0.15) is 12.1 Å². The molecule has 38 heavy (non-hydrogen) atoms. The highest BCUT2D eigenvalue weighted by Crippen LogP contribution is 2.34. The van der Waals surface area contributed by atoms with Gasteiger partial charge < -0.3 is 31.1 Å². The summed E-state index contributed by atoms with van der Waals surface area (Å²) in [6, 6.07) is 7.88. The van der Waals surface area contributed by atoms with Gasteiger partial charge in [-0.25, -0.2) is 4.79 Å². The highest BCUT2D eigenvalue weighted by Gasteiger charge is 2.46. The van der Waals surface area contributed by atoms with E-state index in [0.29, 0.717) is 25.8 Å². The molecule has 1 saturated carbocycles. The Balaban J connectivity index is 1.53. The number of rotatable bonds is 6. The predicted octanol–water partition coefficient (Wildman–Crippen LogP) is 1.33. The van der Waals surface area contributed by atoms with E-state index in [1.165, 1.54) is 5.56 Å². The summed E-state index contributed by atoms with van der Waals surface area (Å²) >= 11 is 0. The van der Waals surface area contributed by atoms with Crippen LogP contribution in [-0.4, -0.2) is 90.9 Å². The number of likely N-dealkylation sites (N-methyl/N-ethyl adjacent to an activating group) is 1. The first-order chi connectivity index (χ1) is 18.3. The molecule has 4 N–H and O–H groups in total. The van der Waals surface area contributed by atoms with E-state index in [1.807, 2.05) is 18.2 Å². The van der Waals surface area contributed by atoms with Crippen LogP contribution in [0, 0.1) is 0 Å². The van der Waals surface area contributed by atoms with Crippen LogP contribution >= 0.6 is 0 Å². The summed E-state index contributed by atoms with van der Waals surface area (Å²) in [6.45, 7) is 2.20. The number of benzene rings is 1. The number of carbonyl (C=O) groups excluding carboxylic acids is 4. The van der Waals surface area contributed by atoms with Crippen LogP contribution in [-0.2, 0) is 14.4 Å². The lowest BCUT2D eigenvalue weighted by Gasteiger charge is -2.39. The Kier molecular flexibility index (Phi) is 9.25. The molecule has 10 heteroatoms. The van der Waals surface area contributed by atoms with E-state index in [0.717, 1.165) is 25.7 Å². The minimum atomic E-state index is -0.932. The van der Waals surface area contributed by atoms with E-state index >= 15 is 0 Å². The quantitative estimate of drug-likeness (QED) is 0.445. The maximum absolute atomic E-state index is 13.9. The Morgan fingerprint density at radius 3 is 2.39 bits per heavy atom. The maximum atomic E-state index is 13.9. The van der Waals surface area contributed by atoms with Crippen molar-refractivity contribution in [2.75, 3.05) is 27.2 Å². The Bertz CT molecular complexity index is 1000. The molecule has 1 aromatic carbocycles. The second-order valence-electron chi connectivity index (χ2n) is 10.8. The van der Waals surface area contributed by atoms with Crippen LogP contribution < -0.4 is 21.3 Å². The molecular formula is C28H42N6O4. The molecular weight excluding hydrogens is 484 g/mol. The lowest BCUT2D eigenvalue weighted by Crippen LogP contribution is -2.63. The van der Waals surface area contributed by atoms with Crippen LogP contribution in [0.15, 0.2) is 30.3 Å². The van der Waals surface area contributed by atoms with Crippen molar-refractivity contribution in [3.05, 3.63) is 35.9 Å². The highest BCUT2D eigenvalue weighted by atomic mass is 16.2. The normalized spacial score (nSPS) is 28.5. The van der Waals surface area contributed by atoms with Gasteiger partial charge in [-0.3, -0.25) is 14.4 Å². The van der Waals surface area contributed by atoms with Gasteiger partial charge in [0, 0.05) is 31.6 Å². The molecule has 10 nitrogen and oxygen atoms in total. The number of nitrogens with one attached hydrogen (secondary N) is 4. The van der Waals surface area contributed by atoms with E-state index in [-0.39, 0.29) is 48.3 Å². The summed E-state index contributed by atoms with van der Waals surface area (Å²) in [5.41, 5.74) is 1.24. The Morgan fingerprint density at radius 1 is 0.947 bits per heavy atom. The molecule has 5 amide bonds. The number of hydrogen-bond donors (Lipinski definition) is 4. The molecule has 6 atom stereocenters. The topological polar surface area (TPSA) is 123 Å².